The second-order valence-corrected chi connectivity index (χ2v) is 10.1. The molecule has 3 aromatic rings. The first-order valence-electron chi connectivity index (χ1n) is 11.7. The van der Waals surface area contributed by atoms with Crippen LogP contribution in [-0.4, -0.2) is 41.6 Å². The molecule has 4 nitrogen and oxygen atoms in total. The molecule has 0 aliphatic carbocycles. The van der Waals surface area contributed by atoms with Gasteiger partial charge >= 0.3 is 0 Å². The lowest BCUT2D eigenvalue weighted by Crippen LogP contribution is -2.38. The van der Waals surface area contributed by atoms with Crippen LogP contribution in [0.3, 0.4) is 0 Å². The molecule has 170 valence electrons. The number of likely N-dealkylation sites (tertiary alicyclic amines) is 1. The van der Waals surface area contributed by atoms with Gasteiger partial charge in [-0.05, 0) is 73.3 Å². The van der Waals surface area contributed by atoms with Crippen LogP contribution in [0.4, 0.5) is 0 Å². The van der Waals surface area contributed by atoms with E-state index in [2.05, 4.69) is 43.7 Å². The predicted octanol–water partition coefficient (Wildman–Crippen LogP) is 6.03. The number of hydrogen-bond acceptors (Lipinski definition) is 4. The van der Waals surface area contributed by atoms with Crippen LogP contribution in [0.15, 0.2) is 54.7 Å². The van der Waals surface area contributed by atoms with Gasteiger partial charge in [0.1, 0.15) is 5.75 Å². The molecule has 1 aliphatic heterocycles. The Morgan fingerprint density at radius 3 is 2.42 bits per heavy atom. The minimum absolute atomic E-state index is 0.311. The summed E-state index contributed by atoms with van der Waals surface area (Å²) >= 11 is 0. The molecule has 2 aromatic carbocycles. The third-order valence-corrected chi connectivity index (χ3v) is 6.18. The van der Waals surface area contributed by atoms with E-state index in [9.17, 15) is 0 Å². The average Bonchev–Trinajstić information content (AvgIpc) is 2.83. The minimum Gasteiger partial charge on any atom is -0.497 e. The molecule has 0 saturated carbocycles. The van der Waals surface area contributed by atoms with E-state index in [1.165, 1.54) is 0 Å². The molecule has 2 heterocycles. The first kappa shape index (κ1) is 23.0. The van der Waals surface area contributed by atoms with Crippen molar-refractivity contribution >= 4 is 0 Å². The zero-order valence-corrected chi connectivity index (χ0v) is 20.1. The second kappa shape index (κ2) is 9.77. The second-order valence-electron chi connectivity index (χ2n) is 10.1. The minimum atomic E-state index is 0.311. The summed E-state index contributed by atoms with van der Waals surface area (Å²) in [6.07, 6.45) is 9.69. The van der Waals surface area contributed by atoms with Crippen molar-refractivity contribution in [3.63, 3.8) is 0 Å². The van der Waals surface area contributed by atoms with E-state index < -0.39 is 0 Å². The summed E-state index contributed by atoms with van der Waals surface area (Å²) in [6.45, 7) is 10.2. The lowest BCUT2D eigenvalue weighted by Gasteiger charge is -2.36. The Balaban J connectivity index is 1.69. The predicted molar refractivity (Wildman–Crippen MR) is 135 cm³/mol. The van der Waals surface area contributed by atoms with Gasteiger partial charge in [-0.25, -0.2) is 9.97 Å². The van der Waals surface area contributed by atoms with E-state index in [0.717, 1.165) is 72.0 Å². The quantitative estimate of drug-likeness (QED) is 0.455. The van der Waals surface area contributed by atoms with E-state index in [1.807, 2.05) is 42.6 Å². The van der Waals surface area contributed by atoms with Gasteiger partial charge in [0.25, 0.3) is 0 Å². The fraction of sp³-hybridized carbons (Fsp3) is 0.379. The molecule has 0 bridgehead atoms. The van der Waals surface area contributed by atoms with Gasteiger partial charge in [-0.15, -0.1) is 6.42 Å². The normalized spacial score (nSPS) is 15.2. The van der Waals surface area contributed by atoms with Crippen LogP contribution in [0.1, 0.15) is 50.8 Å². The molecule has 1 aliphatic rings. The third-order valence-electron chi connectivity index (χ3n) is 6.18. The maximum atomic E-state index is 5.52. The highest BCUT2D eigenvalue weighted by Gasteiger charge is 2.27. The molecule has 1 saturated heterocycles. The first-order chi connectivity index (χ1) is 15.9. The van der Waals surface area contributed by atoms with Crippen molar-refractivity contribution in [3.8, 4) is 40.6 Å². The third kappa shape index (κ3) is 5.61. The molecule has 33 heavy (non-hydrogen) atoms. The molecular formula is C29H33N3O. The fourth-order valence-electron chi connectivity index (χ4n) is 4.61. The maximum Gasteiger partial charge on any atom is 0.159 e. The van der Waals surface area contributed by atoms with Gasteiger partial charge < -0.3 is 9.64 Å². The Morgan fingerprint density at radius 2 is 1.79 bits per heavy atom. The number of methoxy groups -OCH3 is 1. The molecule has 0 spiro atoms. The van der Waals surface area contributed by atoms with Crippen molar-refractivity contribution < 1.29 is 4.74 Å². The van der Waals surface area contributed by atoms with Gasteiger partial charge in [0.2, 0.25) is 0 Å². The molecule has 1 fully saturated rings. The topological polar surface area (TPSA) is 38.2 Å². The van der Waals surface area contributed by atoms with E-state index in [1.54, 1.807) is 7.11 Å². The molecular weight excluding hydrogens is 406 g/mol. The van der Waals surface area contributed by atoms with Crippen LogP contribution in [-0.2, 0) is 0 Å². The van der Waals surface area contributed by atoms with Crippen LogP contribution in [0, 0.1) is 17.8 Å². The van der Waals surface area contributed by atoms with Gasteiger partial charge in [0.15, 0.2) is 5.82 Å². The largest absolute Gasteiger partial charge is 0.497 e. The number of aromatic nitrogens is 2. The Labute approximate surface area is 198 Å². The molecule has 0 N–H and O–H groups in total. The number of ether oxygens (including phenoxy) is 1. The summed E-state index contributed by atoms with van der Waals surface area (Å²) in [4.78, 5) is 12.5. The number of hydrogen-bond donors (Lipinski definition) is 0. The number of rotatable bonds is 5. The van der Waals surface area contributed by atoms with Crippen molar-refractivity contribution in [2.75, 3.05) is 26.7 Å². The Bertz CT molecular complexity index is 1130. The van der Waals surface area contributed by atoms with Crippen LogP contribution in [0.25, 0.3) is 22.5 Å². The lowest BCUT2D eigenvalue weighted by atomic mass is 9.87. The highest BCUT2D eigenvalue weighted by molar-refractivity contribution is 5.69. The molecule has 0 amide bonds. The van der Waals surface area contributed by atoms with Crippen LogP contribution in [0.2, 0.25) is 0 Å². The summed E-state index contributed by atoms with van der Waals surface area (Å²) in [6, 6.07) is 16.1. The van der Waals surface area contributed by atoms with Crippen molar-refractivity contribution in [2.45, 2.75) is 39.5 Å². The highest BCUT2D eigenvalue weighted by atomic mass is 16.5. The van der Waals surface area contributed by atoms with Crippen molar-refractivity contribution in [2.24, 2.45) is 5.41 Å². The fourth-order valence-corrected chi connectivity index (χ4v) is 4.61. The maximum absolute atomic E-state index is 5.52. The summed E-state index contributed by atoms with van der Waals surface area (Å²) < 4.78 is 5.47. The molecule has 0 radical (unpaired) electrons. The van der Waals surface area contributed by atoms with Crippen molar-refractivity contribution in [1.82, 2.24) is 14.9 Å². The molecule has 0 atom stereocenters. The van der Waals surface area contributed by atoms with E-state index in [0.29, 0.717) is 11.3 Å². The summed E-state index contributed by atoms with van der Waals surface area (Å²) in [5, 5.41) is 0. The number of piperidine rings is 1. The van der Waals surface area contributed by atoms with Gasteiger partial charge in [0, 0.05) is 35.3 Å². The van der Waals surface area contributed by atoms with Gasteiger partial charge in [0.05, 0.1) is 12.8 Å². The average molecular weight is 440 g/mol. The Hall–Kier alpha value is -3.16. The molecule has 4 rings (SSSR count). The zero-order valence-electron chi connectivity index (χ0n) is 20.1. The van der Waals surface area contributed by atoms with E-state index in [4.69, 9.17) is 21.1 Å². The first-order valence-corrected chi connectivity index (χ1v) is 11.7. The molecule has 1 aromatic heterocycles. The molecule has 0 unspecified atom stereocenters. The lowest BCUT2D eigenvalue weighted by molar-refractivity contribution is 0.153. The van der Waals surface area contributed by atoms with Crippen molar-refractivity contribution in [3.05, 3.63) is 66.0 Å². The zero-order chi connectivity index (χ0) is 23.4. The van der Waals surface area contributed by atoms with Crippen molar-refractivity contribution in [1.29, 1.82) is 0 Å². The Morgan fingerprint density at radius 1 is 1.06 bits per heavy atom. The van der Waals surface area contributed by atoms with E-state index in [-0.39, 0.29) is 0 Å². The summed E-state index contributed by atoms with van der Waals surface area (Å²) in [7, 11) is 1.70. The van der Waals surface area contributed by atoms with Crippen LogP contribution < -0.4 is 4.74 Å². The molecule has 4 heteroatoms. The van der Waals surface area contributed by atoms with Crippen LogP contribution in [0.5, 0.6) is 5.75 Å². The SMILES string of the molecule is C#Cc1ccc(-c2ncc(-c3cccc(OC)c3)c(C3CCN(CC(C)(C)C)CC3)n2)cc1. The highest BCUT2D eigenvalue weighted by Crippen LogP contribution is 2.36. The van der Waals surface area contributed by atoms with E-state index >= 15 is 0 Å². The smallest absolute Gasteiger partial charge is 0.159 e. The number of terminal acetylenes is 1. The van der Waals surface area contributed by atoms with Gasteiger partial charge in [-0.3, -0.25) is 0 Å². The number of benzene rings is 2. The Kier molecular flexibility index (Phi) is 6.81. The van der Waals surface area contributed by atoms with Gasteiger partial charge in [-0.2, -0.15) is 0 Å². The number of nitrogens with zero attached hydrogens (tertiary/aromatic N) is 3. The monoisotopic (exact) mass is 439 g/mol. The van der Waals surface area contributed by atoms with Crippen LogP contribution >= 0.6 is 0 Å². The summed E-state index contributed by atoms with van der Waals surface area (Å²) in [5.41, 5.74) is 5.47. The summed E-state index contributed by atoms with van der Waals surface area (Å²) in [5.74, 6) is 4.66. The van der Waals surface area contributed by atoms with Gasteiger partial charge in [-0.1, -0.05) is 38.8 Å². The standard InChI is InChI=1S/C29H33N3O/c1-6-21-10-12-23(13-11-21)28-30-19-26(24-8-7-9-25(18-24)33-5)27(31-28)22-14-16-32(17-15-22)20-29(2,3)4/h1,7-13,18-19,22H,14-17,20H2,2-5H3.